The van der Waals surface area contributed by atoms with Gasteiger partial charge in [-0.2, -0.15) is 5.10 Å². The molecule has 0 saturated heterocycles. The van der Waals surface area contributed by atoms with E-state index in [1.807, 2.05) is 49.2 Å². The van der Waals surface area contributed by atoms with Crippen molar-refractivity contribution in [1.82, 2.24) is 5.01 Å². The first kappa shape index (κ1) is 44.1. The second-order valence-electron chi connectivity index (χ2n) is 14.0. The summed E-state index contributed by atoms with van der Waals surface area (Å²) in [6.45, 7) is 13.4. The smallest absolute Gasteiger partial charge is 0.161 e. The van der Waals surface area contributed by atoms with Crippen molar-refractivity contribution in [3.8, 4) is 5.75 Å². The van der Waals surface area contributed by atoms with E-state index in [0.717, 1.165) is 10.2 Å². The van der Waals surface area contributed by atoms with Crippen molar-refractivity contribution in [3.05, 3.63) is 65.7 Å². The van der Waals surface area contributed by atoms with E-state index in [1.54, 1.807) is 39.0 Å². The molecule has 5 rings (SSSR count). The fraction of sp³-hybridized carbons (Fsp3) is 0.632. The van der Waals surface area contributed by atoms with Crippen LogP contribution < -0.4 is 4.74 Å². The number of ether oxygens (including phenoxy) is 2. The Balaban J connectivity index is 0.00000167. The van der Waals surface area contributed by atoms with E-state index in [1.165, 1.54) is 0 Å². The molecule has 0 radical (unpaired) electrons. The number of halogens is 3. The summed E-state index contributed by atoms with van der Waals surface area (Å²) in [6, 6.07) is 7.52. The number of benzene rings is 1. The van der Waals surface area contributed by atoms with Gasteiger partial charge in [-0.25, -0.2) is 4.39 Å². The fourth-order valence-corrected chi connectivity index (χ4v) is 9.11. The molecule has 4 aliphatic carbocycles. The van der Waals surface area contributed by atoms with Gasteiger partial charge in [0.1, 0.15) is 29.8 Å². The molecule has 3 fully saturated rings. The van der Waals surface area contributed by atoms with Gasteiger partial charge >= 0.3 is 0 Å². The second-order valence-corrected chi connectivity index (χ2v) is 14.9. The van der Waals surface area contributed by atoms with Gasteiger partial charge in [0.15, 0.2) is 12.4 Å². The normalized spacial score (nSPS) is 33.5. The highest BCUT2D eigenvalue weighted by Crippen LogP contribution is 2.68. The van der Waals surface area contributed by atoms with E-state index in [4.69, 9.17) is 14.3 Å². The quantitative estimate of drug-likeness (QED) is 0.0553. The molecule has 5 unspecified atom stereocenters. The summed E-state index contributed by atoms with van der Waals surface area (Å²) in [5.74, 6) is 0.612. The van der Waals surface area contributed by atoms with Gasteiger partial charge in [-0.1, -0.05) is 64.4 Å². The van der Waals surface area contributed by atoms with Gasteiger partial charge < -0.3 is 34.6 Å². The minimum absolute atomic E-state index is 0. The first-order valence-electron chi connectivity index (χ1n) is 16.6. The van der Waals surface area contributed by atoms with E-state index in [0.29, 0.717) is 42.9 Å². The Hall–Kier alpha value is -2.09. The van der Waals surface area contributed by atoms with E-state index >= 15 is 4.39 Å². The highest BCUT2D eigenvalue weighted by molar-refractivity contribution is 9.10. The minimum Gasteiger partial charge on any atom is -0.490 e. The van der Waals surface area contributed by atoms with Gasteiger partial charge in [-0.3, -0.25) is 0 Å². The molecule has 12 heteroatoms. The lowest BCUT2D eigenvalue weighted by molar-refractivity contribution is -0.264. The number of nitrogens with zero attached hydrogens (tertiary/aromatic N) is 3. The Morgan fingerprint density at radius 3 is 2.36 bits per heavy atom. The third kappa shape index (κ3) is 8.92. The minimum atomic E-state index is -1.52. The summed E-state index contributed by atoms with van der Waals surface area (Å²) in [7, 11) is 3.54. The summed E-state index contributed by atoms with van der Waals surface area (Å²) in [6.07, 6.45) is 5.37. The molecule has 1 aromatic carbocycles. The van der Waals surface area contributed by atoms with Crippen LogP contribution in [0.1, 0.15) is 60.8 Å². The molecule has 0 spiro atoms. The topological polar surface area (TPSA) is 116 Å². The molecule has 0 amide bonds. The standard InChI is InChI=1S/C34H47BrFN3O6.C2H4.CH3Br.CH4/c1-31(2,42)45-34(29(20-40)37-39(5)6)14-12-25-24-18-27(36)26-17-22(38-44-16-15-43-23-9-7-21(35)8-10-23)11-13-32(26,3)30(24)28(41)19-33(25,34)4;2*1-2;/h7-11,13,17,24-25,27-28,30,40-42H,12,14-16,18-20H2,1-6H3;1-2H2;1H3;1H4/b37-29+,38-22+;;;/t24?,25?,27-,28?,30+,32?,33?,34-;;;/m0.../s1. The first-order valence-corrected chi connectivity index (χ1v) is 19.0. The Morgan fingerprint density at radius 2 is 1.78 bits per heavy atom. The monoisotopic (exact) mass is 829 g/mol. The predicted octanol–water partition coefficient (Wildman–Crippen LogP) is 7.70. The van der Waals surface area contributed by atoms with Gasteiger partial charge in [0.05, 0.1) is 18.4 Å². The number of rotatable bonds is 10. The van der Waals surface area contributed by atoms with Crippen LogP contribution in [0, 0.1) is 28.6 Å². The molecule has 4 aliphatic rings. The van der Waals surface area contributed by atoms with Gasteiger partial charge in [-0.15, -0.1) is 13.2 Å². The zero-order valence-electron chi connectivity index (χ0n) is 29.8. The third-order valence-electron chi connectivity index (χ3n) is 10.4. The molecule has 3 saturated carbocycles. The Kier molecular flexibility index (Phi) is 16.0. The Bertz CT molecular complexity index is 1380. The second kappa shape index (κ2) is 18.1. The number of oxime groups is 1. The summed E-state index contributed by atoms with van der Waals surface area (Å²) in [4.78, 5) is 5.50. The largest absolute Gasteiger partial charge is 0.490 e. The zero-order valence-corrected chi connectivity index (χ0v) is 33.0. The van der Waals surface area contributed by atoms with Crippen LogP contribution in [0.5, 0.6) is 5.75 Å². The van der Waals surface area contributed by atoms with Crippen molar-refractivity contribution in [2.24, 2.45) is 38.8 Å². The van der Waals surface area contributed by atoms with Crippen LogP contribution in [-0.2, 0) is 9.57 Å². The average Bonchev–Trinajstić information content (AvgIpc) is 3.33. The molecule has 0 bridgehead atoms. The number of alkyl halides is 2. The first-order chi connectivity index (χ1) is 23.1. The van der Waals surface area contributed by atoms with E-state index in [9.17, 15) is 15.3 Å². The van der Waals surface area contributed by atoms with Gasteiger partial charge in [0.2, 0.25) is 0 Å². The predicted molar refractivity (Wildman–Crippen MR) is 207 cm³/mol. The van der Waals surface area contributed by atoms with Crippen molar-refractivity contribution >= 4 is 43.3 Å². The SMILES string of the molecule is C.C=C.CBr.CN(C)/N=C(\CO)[C@@]1(OC(C)(C)O)CCC2C3C[C@H](F)C4=C/C(=N/OCCOc5ccc(Br)cc5)C=CC4(C)[C@H]3C(O)CC21C. The van der Waals surface area contributed by atoms with Crippen LogP contribution in [0.2, 0.25) is 0 Å². The molecule has 1 aromatic rings. The van der Waals surface area contributed by atoms with Crippen LogP contribution >= 0.6 is 31.9 Å². The van der Waals surface area contributed by atoms with Crippen molar-refractivity contribution in [2.75, 3.05) is 39.7 Å². The molecule has 0 aliphatic heterocycles. The Labute approximate surface area is 315 Å². The van der Waals surface area contributed by atoms with Crippen LogP contribution in [0.4, 0.5) is 4.39 Å². The highest BCUT2D eigenvalue weighted by Gasteiger charge is 2.70. The van der Waals surface area contributed by atoms with E-state index < -0.39 is 34.5 Å². The lowest BCUT2D eigenvalue weighted by Gasteiger charge is -2.61. The molecular weight excluding hydrogens is 773 g/mol. The summed E-state index contributed by atoms with van der Waals surface area (Å²) >= 11 is 6.34. The number of hydrazone groups is 1. The Morgan fingerprint density at radius 1 is 1.14 bits per heavy atom. The summed E-state index contributed by atoms with van der Waals surface area (Å²) in [5.41, 5.74) is -1.03. The summed E-state index contributed by atoms with van der Waals surface area (Å²) in [5, 5.41) is 43.8. The summed E-state index contributed by atoms with van der Waals surface area (Å²) < 4.78 is 29.4. The van der Waals surface area contributed by atoms with Crippen molar-refractivity contribution in [3.63, 3.8) is 0 Å². The van der Waals surface area contributed by atoms with E-state index in [2.05, 4.69) is 62.2 Å². The number of aliphatic hydroxyl groups is 3. The molecule has 0 aromatic heterocycles. The lowest BCUT2D eigenvalue weighted by atomic mass is 9.46. The molecule has 9 nitrogen and oxygen atoms in total. The molecule has 8 atom stereocenters. The van der Waals surface area contributed by atoms with Crippen LogP contribution in [-0.4, -0.2) is 95.2 Å². The van der Waals surface area contributed by atoms with E-state index in [-0.39, 0.29) is 44.8 Å². The van der Waals surface area contributed by atoms with Crippen LogP contribution in [0.3, 0.4) is 0 Å². The maximum absolute atomic E-state index is 16.3. The molecule has 50 heavy (non-hydrogen) atoms. The average molecular weight is 832 g/mol. The third-order valence-corrected chi connectivity index (χ3v) is 10.9. The van der Waals surface area contributed by atoms with Crippen LogP contribution in [0.15, 0.2) is 76.0 Å². The number of aliphatic hydroxyl groups excluding tert-OH is 2. The highest BCUT2D eigenvalue weighted by atomic mass is 79.9. The van der Waals surface area contributed by atoms with Crippen LogP contribution in [0.25, 0.3) is 0 Å². The molecule has 282 valence electrons. The van der Waals surface area contributed by atoms with Crippen molar-refractivity contribution in [1.29, 1.82) is 0 Å². The number of fused-ring (bicyclic) bond motifs is 5. The van der Waals surface area contributed by atoms with Crippen molar-refractivity contribution < 1.29 is 34.0 Å². The van der Waals surface area contributed by atoms with Crippen molar-refractivity contribution in [2.45, 2.75) is 84.5 Å². The van der Waals surface area contributed by atoms with Gasteiger partial charge in [0.25, 0.3) is 0 Å². The number of hydrogen-bond acceptors (Lipinski definition) is 9. The zero-order chi connectivity index (χ0) is 36.8. The molecule has 3 N–H and O–H groups in total. The maximum Gasteiger partial charge on any atom is 0.161 e. The number of allylic oxidation sites excluding steroid dienone is 4. The van der Waals surface area contributed by atoms with Gasteiger partial charge in [0, 0.05) is 35.3 Å². The fourth-order valence-electron chi connectivity index (χ4n) is 8.85. The van der Waals surface area contributed by atoms with Gasteiger partial charge in [-0.05, 0) is 99.2 Å². The lowest BCUT2D eigenvalue weighted by Crippen LogP contribution is -2.64. The molecular formula is C38H58Br2FN3O6. The molecule has 0 heterocycles. The number of hydrogen-bond donors (Lipinski definition) is 3. The maximum atomic E-state index is 16.3.